The summed E-state index contributed by atoms with van der Waals surface area (Å²) in [6.45, 7) is 2.11. The second kappa shape index (κ2) is 7.00. The number of anilines is 1. The Balaban J connectivity index is 1.78. The maximum Gasteiger partial charge on any atom is 0.270 e. The number of nitrogen functional groups attached to an aromatic ring is 1. The molecule has 8 heteroatoms. The minimum absolute atomic E-state index is 0.00590. The lowest BCUT2D eigenvalue weighted by Gasteiger charge is -2.10. The first kappa shape index (κ1) is 16.4. The second-order valence-electron chi connectivity index (χ2n) is 5.28. The minimum atomic E-state index is -0.385. The third-order valence-electron chi connectivity index (χ3n) is 3.46. The molecule has 0 radical (unpaired) electrons. The fourth-order valence-corrected chi connectivity index (χ4v) is 2.27. The van der Waals surface area contributed by atoms with Crippen LogP contribution in [0.2, 0.25) is 0 Å². The SMILES string of the molecule is COc1nc(C)ccc1CNC(=O)c1cc(-c2ccco2)nc(N)n1. The number of aromatic nitrogens is 3. The maximum absolute atomic E-state index is 12.4. The van der Waals surface area contributed by atoms with E-state index in [1.165, 1.54) is 19.4 Å². The van der Waals surface area contributed by atoms with Crippen molar-refractivity contribution in [1.29, 1.82) is 0 Å². The molecule has 3 rings (SSSR count). The second-order valence-corrected chi connectivity index (χ2v) is 5.28. The van der Waals surface area contributed by atoms with Crippen LogP contribution < -0.4 is 15.8 Å². The van der Waals surface area contributed by atoms with Crippen molar-refractivity contribution in [2.75, 3.05) is 12.8 Å². The fourth-order valence-electron chi connectivity index (χ4n) is 2.27. The number of nitrogens with one attached hydrogen (secondary N) is 1. The van der Waals surface area contributed by atoms with Crippen LogP contribution >= 0.6 is 0 Å². The Morgan fingerprint density at radius 2 is 2.12 bits per heavy atom. The molecule has 0 aliphatic heterocycles. The van der Waals surface area contributed by atoms with Crippen molar-refractivity contribution >= 4 is 11.9 Å². The van der Waals surface area contributed by atoms with E-state index in [0.29, 0.717) is 17.3 Å². The van der Waals surface area contributed by atoms with E-state index in [2.05, 4.69) is 20.3 Å². The van der Waals surface area contributed by atoms with Crippen molar-refractivity contribution in [2.45, 2.75) is 13.5 Å². The van der Waals surface area contributed by atoms with Gasteiger partial charge < -0.3 is 20.2 Å². The molecular formula is C17H17N5O3. The van der Waals surface area contributed by atoms with Crippen LogP contribution in [0.25, 0.3) is 11.5 Å². The van der Waals surface area contributed by atoms with Gasteiger partial charge in [-0.25, -0.2) is 15.0 Å². The van der Waals surface area contributed by atoms with Crippen LogP contribution in [-0.2, 0) is 6.54 Å². The van der Waals surface area contributed by atoms with Gasteiger partial charge in [0.25, 0.3) is 5.91 Å². The number of furan rings is 1. The number of amides is 1. The summed E-state index contributed by atoms with van der Waals surface area (Å²) in [7, 11) is 1.54. The number of rotatable bonds is 5. The number of carbonyl (C=O) groups is 1. The summed E-state index contributed by atoms with van der Waals surface area (Å²) in [5.41, 5.74) is 7.88. The van der Waals surface area contributed by atoms with Gasteiger partial charge in [0.2, 0.25) is 11.8 Å². The van der Waals surface area contributed by atoms with E-state index < -0.39 is 0 Å². The molecule has 3 N–H and O–H groups in total. The first-order valence-corrected chi connectivity index (χ1v) is 7.54. The minimum Gasteiger partial charge on any atom is -0.481 e. The summed E-state index contributed by atoms with van der Waals surface area (Å²) in [6, 6.07) is 8.68. The quantitative estimate of drug-likeness (QED) is 0.730. The monoisotopic (exact) mass is 339 g/mol. The molecule has 0 aliphatic rings. The predicted molar refractivity (Wildman–Crippen MR) is 90.8 cm³/mol. The van der Waals surface area contributed by atoms with E-state index in [1.807, 2.05) is 19.1 Å². The fraction of sp³-hybridized carbons (Fsp3) is 0.176. The lowest BCUT2D eigenvalue weighted by atomic mass is 10.2. The lowest BCUT2D eigenvalue weighted by Crippen LogP contribution is -2.25. The third-order valence-corrected chi connectivity index (χ3v) is 3.46. The van der Waals surface area contributed by atoms with E-state index in [1.54, 1.807) is 12.1 Å². The molecule has 0 saturated heterocycles. The molecule has 0 unspecified atom stereocenters. The van der Waals surface area contributed by atoms with Crippen molar-refractivity contribution < 1.29 is 13.9 Å². The van der Waals surface area contributed by atoms with Crippen LogP contribution in [0.15, 0.2) is 41.0 Å². The zero-order valence-corrected chi connectivity index (χ0v) is 13.8. The Morgan fingerprint density at radius 3 is 2.84 bits per heavy atom. The highest BCUT2D eigenvalue weighted by Crippen LogP contribution is 2.19. The van der Waals surface area contributed by atoms with Gasteiger partial charge in [-0.3, -0.25) is 4.79 Å². The highest BCUT2D eigenvalue weighted by Gasteiger charge is 2.14. The molecule has 0 saturated carbocycles. The van der Waals surface area contributed by atoms with Crippen LogP contribution in [0.5, 0.6) is 5.88 Å². The number of pyridine rings is 1. The molecule has 1 amide bonds. The van der Waals surface area contributed by atoms with Gasteiger partial charge in [-0.1, -0.05) is 6.07 Å². The van der Waals surface area contributed by atoms with Crippen molar-refractivity contribution in [1.82, 2.24) is 20.3 Å². The van der Waals surface area contributed by atoms with Gasteiger partial charge in [-0.15, -0.1) is 0 Å². The Morgan fingerprint density at radius 1 is 1.28 bits per heavy atom. The first-order valence-electron chi connectivity index (χ1n) is 7.54. The van der Waals surface area contributed by atoms with Gasteiger partial charge in [0.1, 0.15) is 11.4 Å². The number of hydrogen-bond acceptors (Lipinski definition) is 7. The van der Waals surface area contributed by atoms with E-state index >= 15 is 0 Å². The smallest absolute Gasteiger partial charge is 0.270 e. The molecule has 3 aromatic rings. The van der Waals surface area contributed by atoms with Crippen LogP contribution in [0.4, 0.5) is 5.95 Å². The Labute approximate surface area is 144 Å². The normalized spacial score (nSPS) is 10.5. The highest BCUT2D eigenvalue weighted by atomic mass is 16.5. The van der Waals surface area contributed by atoms with Crippen molar-refractivity contribution in [3.8, 4) is 17.3 Å². The lowest BCUT2D eigenvalue weighted by molar-refractivity contribution is 0.0945. The number of hydrogen-bond donors (Lipinski definition) is 2. The van der Waals surface area contributed by atoms with Crippen LogP contribution in [0.1, 0.15) is 21.7 Å². The number of nitrogens with zero attached hydrogens (tertiary/aromatic N) is 3. The Hall–Kier alpha value is -3.42. The number of aryl methyl sites for hydroxylation is 1. The zero-order valence-electron chi connectivity index (χ0n) is 13.8. The van der Waals surface area contributed by atoms with E-state index in [0.717, 1.165) is 11.3 Å². The molecule has 0 aliphatic carbocycles. The largest absolute Gasteiger partial charge is 0.481 e. The zero-order chi connectivity index (χ0) is 17.8. The average molecular weight is 339 g/mol. The van der Waals surface area contributed by atoms with Gasteiger partial charge in [0.05, 0.1) is 13.4 Å². The molecule has 25 heavy (non-hydrogen) atoms. The summed E-state index contributed by atoms with van der Waals surface area (Å²) >= 11 is 0. The summed E-state index contributed by atoms with van der Waals surface area (Å²) in [5, 5.41) is 2.77. The van der Waals surface area contributed by atoms with Gasteiger partial charge >= 0.3 is 0 Å². The molecule has 0 spiro atoms. The maximum atomic E-state index is 12.4. The van der Waals surface area contributed by atoms with Crippen molar-refractivity contribution in [2.24, 2.45) is 0 Å². The molecular weight excluding hydrogens is 322 g/mol. The molecule has 0 aromatic carbocycles. The molecule has 3 heterocycles. The Bertz CT molecular complexity index is 893. The van der Waals surface area contributed by atoms with Crippen molar-refractivity contribution in [3.63, 3.8) is 0 Å². The molecule has 0 fully saturated rings. The average Bonchev–Trinajstić information content (AvgIpc) is 3.14. The highest BCUT2D eigenvalue weighted by molar-refractivity contribution is 5.93. The predicted octanol–water partition coefficient (Wildman–Crippen LogP) is 1.96. The number of methoxy groups -OCH3 is 1. The number of carbonyl (C=O) groups excluding carboxylic acids is 1. The first-order chi connectivity index (χ1) is 12.1. The summed E-state index contributed by atoms with van der Waals surface area (Å²) < 4.78 is 10.5. The topological polar surface area (TPSA) is 116 Å². The van der Waals surface area contributed by atoms with Gasteiger partial charge in [-0.2, -0.15) is 0 Å². The molecule has 8 nitrogen and oxygen atoms in total. The summed E-state index contributed by atoms with van der Waals surface area (Å²) in [4.78, 5) is 24.7. The summed E-state index contributed by atoms with van der Waals surface area (Å²) in [5.74, 6) is 0.587. The van der Waals surface area contributed by atoms with Gasteiger partial charge in [0.15, 0.2) is 5.76 Å². The van der Waals surface area contributed by atoms with E-state index in [9.17, 15) is 4.79 Å². The van der Waals surface area contributed by atoms with E-state index in [4.69, 9.17) is 14.9 Å². The van der Waals surface area contributed by atoms with Crippen LogP contribution in [-0.4, -0.2) is 28.0 Å². The van der Waals surface area contributed by atoms with E-state index in [-0.39, 0.29) is 24.1 Å². The molecule has 0 bridgehead atoms. The summed E-state index contributed by atoms with van der Waals surface area (Å²) in [6.07, 6.45) is 1.52. The number of nitrogens with two attached hydrogens (primary N) is 1. The van der Waals surface area contributed by atoms with Gasteiger partial charge in [0, 0.05) is 17.8 Å². The number of ether oxygens (including phenoxy) is 1. The van der Waals surface area contributed by atoms with Crippen molar-refractivity contribution in [3.05, 3.63) is 53.5 Å². The van der Waals surface area contributed by atoms with Gasteiger partial charge in [-0.05, 0) is 31.2 Å². The molecule has 128 valence electrons. The Kier molecular flexibility index (Phi) is 4.60. The molecule has 3 aromatic heterocycles. The standard InChI is InChI=1S/C17H17N5O3/c1-10-5-6-11(16(20-10)24-2)9-19-15(23)13-8-12(21-17(18)22-13)14-4-3-7-25-14/h3-8H,9H2,1-2H3,(H,19,23)(H2,18,21,22). The van der Waals surface area contributed by atoms with Crippen LogP contribution in [0, 0.1) is 6.92 Å². The third kappa shape index (κ3) is 3.74. The molecule has 0 atom stereocenters. The van der Waals surface area contributed by atoms with Crippen LogP contribution in [0.3, 0.4) is 0 Å².